The zero-order chi connectivity index (χ0) is 18.3. The molecule has 0 amide bonds. The number of β-amino-alcohol motifs (C(OH)–C–C–N with tert-alkyl or cyclic N) is 1. The summed E-state index contributed by atoms with van der Waals surface area (Å²) in [6.45, 7) is 3.64. The smallest absolute Gasteiger partial charge is 0.258 e. The highest BCUT2D eigenvalue weighted by molar-refractivity contribution is 6.30. The summed E-state index contributed by atoms with van der Waals surface area (Å²) in [6.07, 6.45) is 1.76. The second kappa shape index (κ2) is 6.83. The molecule has 2 atom stereocenters. The van der Waals surface area contributed by atoms with Gasteiger partial charge in [0, 0.05) is 50.3 Å². The lowest BCUT2D eigenvalue weighted by Crippen LogP contribution is -2.24. The first-order chi connectivity index (χ1) is 12.5. The Balaban J connectivity index is 1.48. The van der Waals surface area contributed by atoms with Crippen LogP contribution in [0.1, 0.15) is 17.1 Å². The van der Waals surface area contributed by atoms with Gasteiger partial charge in [-0.25, -0.2) is 4.98 Å². The number of halogens is 1. The predicted molar refractivity (Wildman–Crippen MR) is 96.2 cm³/mol. The molecular formula is C18H19ClN4O3. The number of rotatable bonds is 4. The minimum Gasteiger partial charge on any atom is -0.391 e. The molecule has 4 heterocycles. The lowest BCUT2D eigenvalue weighted by Gasteiger charge is -2.15. The minimum atomic E-state index is -0.444. The molecule has 26 heavy (non-hydrogen) atoms. The normalized spacial score (nSPS) is 20.9. The number of nitrogens with zero attached hydrogens (tertiary/aromatic N) is 4. The molecule has 0 saturated carbocycles. The van der Waals surface area contributed by atoms with E-state index in [0.29, 0.717) is 42.4 Å². The zero-order valence-electron chi connectivity index (χ0n) is 14.3. The lowest BCUT2D eigenvalue weighted by atomic mass is 10.0. The number of aromatic nitrogens is 3. The van der Waals surface area contributed by atoms with Gasteiger partial charge in [0.15, 0.2) is 0 Å². The summed E-state index contributed by atoms with van der Waals surface area (Å²) in [5.41, 5.74) is 1.91. The first-order valence-corrected chi connectivity index (χ1v) is 8.86. The maximum Gasteiger partial charge on any atom is 0.258 e. The summed E-state index contributed by atoms with van der Waals surface area (Å²) in [6, 6.07) is 6.85. The molecule has 0 aliphatic carbocycles. The van der Waals surface area contributed by atoms with E-state index in [9.17, 15) is 9.90 Å². The quantitative estimate of drug-likeness (QED) is 0.748. The number of aliphatic hydroxyl groups is 1. The SMILES string of the molecule is Cc1cc(C[C@@H]2CN(Cc3cc(=O)n4cc(Cl)ccc4n3)C[C@H]2O)on1. The van der Waals surface area contributed by atoms with Crippen LogP contribution in [0.15, 0.2) is 39.8 Å². The number of likely N-dealkylation sites (tertiary alicyclic amines) is 1. The van der Waals surface area contributed by atoms with E-state index < -0.39 is 6.10 Å². The fraction of sp³-hybridized carbons (Fsp3) is 0.389. The summed E-state index contributed by atoms with van der Waals surface area (Å²) in [5.74, 6) is 0.857. The van der Waals surface area contributed by atoms with Gasteiger partial charge in [0.1, 0.15) is 11.4 Å². The molecule has 1 saturated heterocycles. The molecule has 0 bridgehead atoms. The molecule has 0 aromatic carbocycles. The maximum atomic E-state index is 12.3. The van der Waals surface area contributed by atoms with Crippen LogP contribution in [-0.4, -0.2) is 43.7 Å². The molecule has 136 valence electrons. The fourth-order valence-corrected chi connectivity index (χ4v) is 3.64. The Morgan fingerprint density at radius 1 is 1.35 bits per heavy atom. The van der Waals surface area contributed by atoms with Crippen LogP contribution >= 0.6 is 11.6 Å². The summed E-state index contributed by atoms with van der Waals surface area (Å²) in [5, 5.41) is 14.7. The monoisotopic (exact) mass is 374 g/mol. The van der Waals surface area contributed by atoms with Crippen LogP contribution in [0, 0.1) is 12.8 Å². The molecule has 1 N–H and O–H groups in total. The van der Waals surface area contributed by atoms with Crippen molar-refractivity contribution in [2.75, 3.05) is 13.1 Å². The minimum absolute atomic E-state index is 0.0720. The number of fused-ring (bicyclic) bond motifs is 1. The van der Waals surface area contributed by atoms with Crippen molar-refractivity contribution in [2.45, 2.75) is 26.0 Å². The van der Waals surface area contributed by atoms with Crippen LogP contribution in [0.5, 0.6) is 0 Å². The fourth-order valence-electron chi connectivity index (χ4n) is 3.48. The second-order valence-corrected chi connectivity index (χ2v) is 7.26. The average Bonchev–Trinajstić information content (AvgIpc) is 3.14. The van der Waals surface area contributed by atoms with Crippen molar-refractivity contribution >= 4 is 17.2 Å². The zero-order valence-corrected chi connectivity index (χ0v) is 15.1. The van der Waals surface area contributed by atoms with Crippen molar-refractivity contribution in [2.24, 2.45) is 5.92 Å². The highest BCUT2D eigenvalue weighted by atomic mass is 35.5. The van der Waals surface area contributed by atoms with E-state index in [1.807, 2.05) is 13.0 Å². The Hall–Kier alpha value is -2.22. The molecule has 0 unspecified atom stereocenters. The van der Waals surface area contributed by atoms with E-state index in [0.717, 1.165) is 11.5 Å². The average molecular weight is 375 g/mol. The molecular weight excluding hydrogens is 356 g/mol. The Labute approximate surface area is 154 Å². The highest BCUT2D eigenvalue weighted by Gasteiger charge is 2.32. The van der Waals surface area contributed by atoms with Crippen LogP contribution in [0.25, 0.3) is 5.65 Å². The van der Waals surface area contributed by atoms with E-state index in [2.05, 4.69) is 15.0 Å². The third-order valence-corrected chi connectivity index (χ3v) is 4.91. The van der Waals surface area contributed by atoms with Gasteiger partial charge in [-0.1, -0.05) is 16.8 Å². The third-order valence-electron chi connectivity index (χ3n) is 4.68. The number of hydrogen-bond donors (Lipinski definition) is 1. The lowest BCUT2D eigenvalue weighted by molar-refractivity contribution is 0.137. The Kier molecular flexibility index (Phi) is 4.52. The molecule has 3 aromatic rings. The van der Waals surface area contributed by atoms with Crippen LogP contribution in [0.4, 0.5) is 0 Å². The van der Waals surface area contributed by atoms with Gasteiger partial charge < -0.3 is 9.63 Å². The number of pyridine rings is 1. The summed E-state index contributed by atoms with van der Waals surface area (Å²) >= 11 is 5.93. The van der Waals surface area contributed by atoms with Gasteiger partial charge in [-0.15, -0.1) is 0 Å². The van der Waals surface area contributed by atoms with Crippen LogP contribution in [0.3, 0.4) is 0 Å². The Morgan fingerprint density at radius 2 is 2.19 bits per heavy atom. The van der Waals surface area contributed by atoms with E-state index in [1.165, 1.54) is 10.5 Å². The van der Waals surface area contributed by atoms with Crippen molar-refractivity contribution in [1.29, 1.82) is 0 Å². The third kappa shape index (κ3) is 3.51. The molecule has 0 radical (unpaired) electrons. The van der Waals surface area contributed by atoms with Crippen molar-refractivity contribution in [3.63, 3.8) is 0 Å². The number of aliphatic hydroxyl groups excluding tert-OH is 1. The molecule has 1 aliphatic rings. The Morgan fingerprint density at radius 3 is 2.96 bits per heavy atom. The highest BCUT2D eigenvalue weighted by Crippen LogP contribution is 2.23. The van der Waals surface area contributed by atoms with Crippen molar-refractivity contribution in [3.8, 4) is 0 Å². The molecule has 0 spiro atoms. The van der Waals surface area contributed by atoms with Crippen molar-refractivity contribution in [3.05, 3.63) is 63.0 Å². The molecule has 1 aliphatic heterocycles. The first-order valence-electron chi connectivity index (χ1n) is 8.48. The molecule has 3 aromatic heterocycles. The van der Waals surface area contributed by atoms with Gasteiger partial charge in [-0.2, -0.15) is 0 Å². The van der Waals surface area contributed by atoms with E-state index in [1.54, 1.807) is 18.3 Å². The van der Waals surface area contributed by atoms with Gasteiger partial charge >= 0.3 is 0 Å². The second-order valence-electron chi connectivity index (χ2n) is 6.82. The van der Waals surface area contributed by atoms with Crippen molar-refractivity contribution in [1.82, 2.24) is 19.4 Å². The van der Waals surface area contributed by atoms with Gasteiger partial charge in [0.05, 0.1) is 22.5 Å². The molecule has 4 rings (SSSR count). The Bertz CT molecular complexity index is 1000. The maximum absolute atomic E-state index is 12.3. The van der Waals surface area contributed by atoms with Crippen molar-refractivity contribution < 1.29 is 9.63 Å². The summed E-state index contributed by atoms with van der Waals surface area (Å²) < 4.78 is 6.69. The summed E-state index contributed by atoms with van der Waals surface area (Å²) in [7, 11) is 0. The van der Waals surface area contributed by atoms with Crippen LogP contribution < -0.4 is 5.56 Å². The van der Waals surface area contributed by atoms with Crippen LogP contribution in [0.2, 0.25) is 5.02 Å². The summed E-state index contributed by atoms with van der Waals surface area (Å²) in [4.78, 5) is 18.9. The van der Waals surface area contributed by atoms with E-state index >= 15 is 0 Å². The van der Waals surface area contributed by atoms with Gasteiger partial charge in [-0.05, 0) is 19.1 Å². The topological polar surface area (TPSA) is 83.9 Å². The van der Waals surface area contributed by atoms with Crippen LogP contribution in [-0.2, 0) is 13.0 Å². The largest absolute Gasteiger partial charge is 0.391 e. The van der Waals surface area contributed by atoms with Gasteiger partial charge in [0.2, 0.25) is 0 Å². The van der Waals surface area contributed by atoms with Gasteiger partial charge in [-0.3, -0.25) is 14.1 Å². The molecule has 8 heteroatoms. The van der Waals surface area contributed by atoms with E-state index in [-0.39, 0.29) is 11.5 Å². The predicted octanol–water partition coefficient (Wildman–Crippen LogP) is 1.68. The molecule has 1 fully saturated rings. The first kappa shape index (κ1) is 17.2. The van der Waals surface area contributed by atoms with E-state index in [4.69, 9.17) is 16.1 Å². The standard InChI is InChI=1S/C18H19ClN4O3/c1-11-4-15(26-21-11)5-12-7-22(10-16(12)24)9-14-6-18(25)23-8-13(19)2-3-17(23)20-14/h2-4,6,8,12,16,24H,5,7,9-10H2,1H3/t12-,16-/m1/s1. The molecule has 7 nitrogen and oxygen atoms in total. The number of aryl methyl sites for hydroxylation is 1. The van der Waals surface area contributed by atoms with Gasteiger partial charge in [0.25, 0.3) is 5.56 Å². The number of hydrogen-bond acceptors (Lipinski definition) is 6.